The molecule has 11 nitrogen and oxygen atoms in total. The van der Waals surface area contributed by atoms with Crippen LogP contribution in [0.25, 0.3) is 0 Å². The van der Waals surface area contributed by atoms with Crippen molar-refractivity contribution in [3.8, 4) is 5.75 Å². The first-order valence-electron chi connectivity index (χ1n) is 13.5. The van der Waals surface area contributed by atoms with Gasteiger partial charge in [0.15, 0.2) is 0 Å². The van der Waals surface area contributed by atoms with E-state index in [1.807, 2.05) is 0 Å². The smallest absolute Gasteiger partial charge is 0.418 e. The molecule has 6 rings (SSSR count). The summed E-state index contributed by atoms with van der Waals surface area (Å²) < 4.78 is 46.9. The van der Waals surface area contributed by atoms with Gasteiger partial charge >= 0.3 is 11.0 Å². The highest BCUT2D eigenvalue weighted by atomic mass is 32.2. The van der Waals surface area contributed by atoms with Crippen LogP contribution in [0.4, 0.5) is 30.2 Å². The van der Waals surface area contributed by atoms with Crippen molar-refractivity contribution < 1.29 is 37.2 Å². The number of carbonyl (C=O) groups excluding carboxylic acids is 3. The molecule has 46 heavy (non-hydrogen) atoms. The van der Waals surface area contributed by atoms with Gasteiger partial charge in [-0.1, -0.05) is 47.4 Å². The zero-order valence-electron chi connectivity index (χ0n) is 23.5. The number of aromatic nitrogens is 1. The molecule has 0 saturated carbocycles. The number of anilines is 2. The number of alkyl halides is 3. The van der Waals surface area contributed by atoms with Crippen molar-refractivity contribution in [2.45, 2.75) is 28.9 Å². The second-order valence-corrected chi connectivity index (χ2v) is 12.4. The number of benzene rings is 3. The number of halogens is 3. The molecule has 1 aromatic heterocycles. The molecule has 1 fully saturated rings. The number of para-hydroxylation sites is 1. The molecule has 0 radical (unpaired) electrons. The van der Waals surface area contributed by atoms with Gasteiger partial charge in [-0.05, 0) is 42.0 Å². The summed E-state index contributed by atoms with van der Waals surface area (Å²) in [6.45, 7) is -0.648. The number of rotatable bonds is 7. The second kappa shape index (κ2) is 11.8. The van der Waals surface area contributed by atoms with Gasteiger partial charge < -0.3 is 10.1 Å². The number of fused-ring (bicyclic) bond motifs is 2. The molecule has 4 aromatic rings. The number of nitro benzene ring substituents is 1. The van der Waals surface area contributed by atoms with Crippen LogP contribution in [0.1, 0.15) is 21.9 Å². The average molecular weight is 671 g/mol. The molecule has 3 amide bonds. The van der Waals surface area contributed by atoms with Crippen molar-refractivity contribution in [1.29, 1.82) is 0 Å². The number of carbonyl (C=O) groups is 3. The van der Waals surface area contributed by atoms with Crippen LogP contribution in [-0.2, 0) is 27.1 Å². The number of nitro groups is 1. The van der Waals surface area contributed by atoms with E-state index in [9.17, 15) is 42.5 Å². The highest BCUT2D eigenvalue weighted by molar-refractivity contribution is 8.00. The van der Waals surface area contributed by atoms with Crippen LogP contribution in [0.2, 0.25) is 0 Å². The Morgan fingerprint density at radius 1 is 1.00 bits per heavy atom. The summed E-state index contributed by atoms with van der Waals surface area (Å²) in [5.74, 6) is -3.35. The standard InChI is InChI=1S/C30H21F3N4O7S2/c1-44-18-12-6-15(7-13-18)22-23-24(27(40)36(26(23)39)16-8-10-17(11-9-16)37(42)43)45-28-25(22)46-29(41)35(28)14-21(38)34-20-5-3-2-4-19(20)30(31,32)33/h2-13,22-24H,14H2,1H3,(H,34,38)/t22-,23-,24+/m0/s1. The van der Waals surface area contributed by atoms with Crippen LogP contribution in [0.5, 0.6) is 5.75 Å². The molecule has 0 aliphatic carbocycles. The lowest BCUT2D eigenvalue weighted by Gasteiger charge is -2.30. The molecule has 0 bridgehead atoms. The maximum atomic E-state index is 14.0. The quantitative estimate of drug-likeness (QED) is 0.159. The normalized spacial score (nSPS) is 19.0. The maximum absolute atomic E-state index is 14.0. The summed E-state index contributed by atoms with van der Waals surface area (Å²) in [4.78, 5) is 65.5. The number of amides is 3. The van der Waals surface area contributed by atoms with Gasteiger partial charge in [0.05, 0.1) is 39.9 Å². The Balaban J connectivity index is 1.39. The minimum absolute atomic E-state index is 0.132. The van der Waals surface area contributed by atoms with Crippen molar-refractivity contribution in [3.63, 3.8) is 0 Å². The number of hydrogen-bond donors (Lipinski definition) is 1. The third-order valence-electron chi connectivity index (χ3n) is 7.65. The molecule has 0 spiro atoms. The zero-order chi connectivity index (χ0) is 32.9. The number of methoxy groups -OCH3 is 1. The topological polar surface area (TPSA) is 141 Å². The van der Waals surface area contributed by atoms with Gasteiger partial charge in [0.2, 0.25) is 17.7 Å². The fraction of sp³-hybridized carbons (Fsp3) is 0.200. The van der Waals surface area contributed by atoms with Crippen LogP contribution in [0.15, 0.2) is 82.6 Å². The Hall–Kier alpha value is -4.96. The average Bonchev–Trinajstić information content (AvgIpc) is 3.47. The first-order chi connectivity index (χ1) is 21.9. The zero-order valence-corrected chi connectivity index (χ0v) is 25.2. The fourth-order valence-corrected chi connectivity index (χ4v) is 8.35. The number of ether oxygens (including phenoxy) is 1. The summed E-state index contributed by atoms with van der Waals surface area (Å²) in [7, 11) is 1.48. The van der Waals surface area contributed by atoms with Crippen LogP contribution in [-0.4, -0.2) is 39.6 Å². The molecule has 1 saturated heterocycles. The van der Waals surface area contributed by atoms with E-state index >= 15 is 0 Å². The number of non-ortho nitro benzene ring substituents is 1. The lowest BCUT2D eigenvalue weighted by molar-refractivity contribution is -0.384. The number of nitrogens with one attached hydrogen (secondary N) is 1. The lowest BCUT2D eigenvalue weighted by atomic mass is 9.83. The Morgan fingerprint density at radius 2 is 1.67 bits per heavy atom. The van der Waals surface area contributed by atoms with Crippen molar-refractivity contribution >= 4 is 57.9 Å². The third-order valence-corrected chi connectivity index (χ3v) is 10.3. The van der Waals surface area contributed by atoms with Gasteiger partial charge in [-0.2, -0.15) is 13.2 Å². The molecular formula is C30H21F3N4O7S2. The minimum Gasteiger partial charge on any atom is -0.497 e. The molecular weight excluding hydrogens is 649 g/mol. The van der Waals surface area contributed by atoms with Gasteiger partial charge in [0.1, 0.15) is 17.5 Å². The van der Waals surface area contributed by atoms with E-state index < -0.39 is 68.6 Å². The SMILES string of the molecule is COc1ccc([C@@H]2c3sc(=O)n(CC(=O)Nc4ccccc4C(F)(F)F)c3S[C@H]3C(=O)N(c4ccc([N+](=O)[O-])cc4)C(=O)[C@@H]23)cc1. The van der Waals surface area contributed by atoms with E-state index in [-0.39, 0.29) is 16.4 Å². The van der Waals surface area contributed by atoms with Crippen LogP contribution in [0.3, 0.4) is 0 Å². The molecule has 236 valence electrons. The predicted molar refractivity (Wildman–Crippen MR) is 162 cm³/mol. The fourth-order valence-electron chi connectivity index (χ4n) is 5.58. The first kappa shape index (κ1) is 31.0. The predicted octanol–water partition coefficient (Wildman–Crippen LogP) is 5.28. The Bertz CT molecular complexity index is 1940. The molecule has 3 aromatic carbocycles. The highest BCUT2D eigenvalue weighted by Crippen LogP contribution is 2.54. The maximum Gasteiger partial charge on any atom is 0.418 e. The van der Waals surface area contributed by atoms with E-state index in [0.29, 0.717) is 16.2 Å². The van der Waals surface area contributed by atoms with Crippen LogP contribution >= 0.6 is 23.1 Å². The summed E-state index contributed by atoms with van der Waals surface area (Å²) in [5.41, 5.74) is -1.04. The minimum atomic E-state index is -4.73. The number of thiazole rings is 1. The number of nitrogens with zero attached hydrogens (tertiary/aromatic N) is 3. The first-order valence-corrected chi connectivity index (χ1v) is 15.2. The van der Waals surface area contributed by atoms with Gasteiger partial charge in [0, 0.05) is 22.9 Å². The van der Waals surface area contributed by atoms with Crippen LogP contribution in [0, 0.1) is 16.0 Å². The monoisotopic (exact) mass is 670 g/mol. The molecule has 16 heteroatoms. The summed E-state index contributed by atoms with van der Waals surface area (Å²) >= 11 is 1.70. The largest absolute Gasteiger partial charge is 0.497 e. The van der Waals surface area contributed by atoms with Crippen LogP contribution < -0.4 is 19.8 Å². The molecule has 2 aliphatic heterocycles. The second-order valence-electron chi connectivity index (χ2n) is 10.3. The molecule has 0 unspecified atom stereocenters. The highest BCUT2D eigenvalue weighted by Gasteiger charge is 2.57. The molecule has 1 N–H and O–H groups in total. The lowest BCUT2D eigenvalue weighted by Crippen LogP contribution is -2.33. The molecule has 3 heterocycles. The van der Waals surface area contributed by atoms with Crippen molar-refractivity contribution in [2.75, 3.05) is 17.3 Å². The van der Waals surface area contributed by atoms with E-state index in [1.54, 1.807) is 24.3 Å². The molecule has 2 aliphatic rings. The Morgan fingerprint density at radius 3 is 2.30 bits per heavy atom. The van der Waals surface area contributed by atoms with E-state index in [2.05, 4.69) is 5.32 Å². The summed E-state index contributed by atoms with van der Waals surface area (Å²) in [5, 5.41) is 12.6. The van der Waals surface area contributed by atoms with E-state index in [1.165, 1.54) is 43.5 Å². The summed E-state index contributed by atoms with van der Waals surface area (Å²) in [6.07, 6.45) is -4.73. The number of imide groups is 1. The number of thioether (sulfide) groups is 1. The van der Waals surface area contributed by atoms with Gasteiger partial charge in [-0.15, -0.1) is 0 Å². The van der Waals surface area contributed by atoms with Gasteiger partial charge in [-0.3, -0.25) is 33.9 Å². The van der Waals surface area contributed by atoms with Gasteiger partial charge in [-0.25, -0.2) is 4.90 Å². The molecule has 3 atom stereocenters. The third kappa shape index (κ3) is 5.43. The van der Waals surface area contributed by atoms with E-state index in [4.69, 9.17) is 4.74 Å². The van der Waals surface area contributed by atoms with Crippen molar-refractivity contribution in [3.05, 3.63) is 109 Å². The number of hydrogen-bond acceptors (Lipinski definition) is 9. The van der Waals surface area contributed by atoms with Crippen molar-refractivity contribution in [1.82, 2.24) is 4.57 Å². The summed E-state index contributed by atoms with van der Waals surface area (Å²) in [6, 6.07) is 16.1. The van der Waals surface area contributed by atoms with E-state index in [0.717, 1.165) is 44.7 Å². The van der Waals surface area contributed by atoms with Gasteiger partial charge in [0.25, 0.3) is 5.69 Å². The Kier molecular flexibility index (Phi) is 7.93. The van der Waals surface area contributed by atoms with Crippen molar-refractivity contribution in [2.24, 2.45) is 5.92 Å². The Labute approximate surface area is 265 Å².